The minimum absolute atomic E-state index is 0.137. The highest BCUT2D eigenvalue weighted by Gasteiger charge is 2.30. The molecule has 1 aromatic heterocycles. The number of aromatic nitrogens is 1. The summed E-state index contributed by atoms with van der Waals surface area (Å²) in [6.07, 6.45) is 2.01. The van der Waals surface area contributed by atoms with E-state index in [4.69, 9.17) is 16.3 Å². The van der Waals surface area contributed by atoms with Crippen LogP contribution in [0.1, 0.15) is 56.6 Å². The first kappa shape index (κ1) is 16.2. The highest BCUT2D eigenvalue weighted by molar-refractivity contribution is 6.29. The number of ether oxygens (including phenoxy) is 1. The van der Waals surface area contributed by atoms with Crippen molar-refractivity contribution in [1.29, 1.82) is 0 Å². The molecule has 2 heterocycles. The number of halogens is 1. The minimum Gasteiger partial charge on any atom is -0.373 e. The molecule has 1 unspecified atom stereocenters. The van der Waals surface area contributed by atoms with Crippen LogP contribution in [0.2, 0.25) is 5.15 Å². The summed E-state index contributed by atoms with van der Waals surface area (Å²) in [7, 11) is 0. The Morgan fingerprint density at radius 1 is 1.48 bits per heavy atom. The van der Waals surface area contributed by atoms with Gasteiger partial charge in [-0.1, -0.05) is 32.4 Å². The van der Waals surface area contributed by atoms with Crippen LogP contribution in [0.25, 0.3) is 0 Å². The van der Waals surface area contributed by atoms with E-state index in [2.05, 4.69) is 10.3 Å². The van der Waals surface area contributed by atoms with Gasteiger partial charge in [0.2, 0.25) is 0 Å². The SMILES string of the molecule is CC1(CNC(=O)c2cc(Cl)nc(C(C)(C)C)c2)CCCO1. The highest BCUT2D eigenvalue weighted by atomic mass is 35.5. The fourth-order valence-electron chi connectivity index (χ4n) is 2.36. The van der Waals surface area contributed by atoms with Gasteiger partial charge in [-0.15, -0.1) is 0 Å². The van der Waals surface area contributed by atoms with E-state index in [1.165, 1.54) is 0 Å². The van der Waals surface area contributed by atoms with Crippen LogP contribution >= 0.6 is 11.6 Å². The average Bonchev–Trinajstić information content (AvgIpc) is 2.82. The Morgan fingerprint density at radius 3 is 2.76 bits per heavy atom. The van der Waals surface area contributed by atoms with E-state index in [0.29, 0.717) is 17.3 Å². The molecular weight excluding hydrogens is 288 g/mol. The van der Waals surface area contributed by atoms with Gasteiger partial charge in [0.25, 0.3) is 5.91 Å². The molecule has 1 amide bonds. The van der Waals surface area contributed by atoms with Crippen LogP contribution in [0, 0.1) is 0 Å². The molecule has 1 saturated heterocycles. The Bertz CT molecular complexity index is 532. The predicted octanol–water partition coefficient (Wildman–Crippen LogP) is 3.33. The number of amides is 1. The second kappa shape index (κ2) is 5.93. The van der Waals surface area contributed by atoms with Gasteiger partial charge in [-0.3, -0.25) is 4.79 Å². The van der Waals surface area contributed by atoms with Crippen molar-refractivity contribution in [3.8, 4) is 0 Å². The summed E-state index contributed by atoms with van der Waals surface area (Å²) >= 11 is 6.04. The van der Waals surface area contributed by atoms with Crippen LogP contribution in [-0.4, -0.2) is 29.6 Å². The minimum atomic E-state index is -0.251. The van der Waals surface area contributed by atoms with E-state index in [1.54, 1.807) is 12.1 Å². The number of hydrogen-bond donors (Lipinski definition) is 1. The van der Waals surface area contributed by atoms with Crippen LogP contribution in [-0.2, 0) is 10.2 Å². The zero-order valence-corrected chi connectivity index (χ0v) is 13.9. The van der Waals surface area contributed by atoms with E-state index in [0.717, 1.165) is 25.1 Å². The first-order valence-corrected chi connectivity index (χ1v) is 7.68. The first-order valence-electron chi connectivity index (χ1n) is 7.30. The quantitative estimate of drug-likeness (QED) is 0.871. The normalized spacial score (nSPS) is 22.3. The molecule has 1 aliphatic rings. The van der Waals surface area contributed by atoms with Crippen molar-refractivity contribution in [2.45, 2.75) is 51.6 Å². The molecule has 0 saturated carbocycles. The number of pyridine rings is 1. The van der Waals surface area contributed by atoms with Crippen LogP contribution in [0.15, 0.2) is 12.1 Å². The summed E-state index contributed by atoms with van der Waals surface area (Å²) in [5, 5.41) is 3.28. The lowest BCUT2D eigenvalue weighted by molar-refractivity contribution is 0.0206. The summed E-state index contributed by atoms with van der Waals surface area (Å²) in [6.45, 7) is 9.43. The van der Waals surface area contributed by atoms with E-state index in [1.807, 2.05) is 27.7 Å². The lowest BCUT2D eigenvalue weighted by Crippen LogP contribution is -2.40. The lowest BCUT2D eigenvalue weighted by atomic mass is 9.91. The third kappa shape index (κ3) is 4.17. The van der Waals surface area contributed by atoms with Gasteiger partial charge in [-0.25, -0.2) is 4.98 Å². The highest BCUT2D eigenvalue weighted by Crippen LogP contribution is 2.25. The molecule has 5 heteroatoms. The maximum absolute atomic E-state index is 12.3. The number of rotatable bonds is 3. The fraction of sp³-hybridized carbons (Fsp3) is 0.625. The Labute approximate surface area is 131 Å². The van der Waals surface area contributed by atoms with Gasteiger partial charge in [0.15, 0.2) is 0 Å². The zero-order valence-electron chi connectivity index (χ0n) is 13.1. The summed E-state index contributed by atoms with van der Waals surface area (Å²) in [6, 6.07) is 3.41. The molecule has 0 bridgehead atoms. The van der Waals surface area contributed by atoms with Gasteiger partial charge in [-0.05, 0) is 31.9 Å². The zero-order chi connectivity index (χ0) is 15.7. The van der Waals surface area contributed by atoms with Gasteiger partial charge in [-0.2, -0.15) is 0 Å². The van der Waals surface area contributed by atoms with Crippen LogP contribution in [0.3, 0.4) is 0 Å². The largest absolute Gasteiger partial charge is 0.373 e. The van der Waals surface area contributed by atoms with Crippen molar-refractivity contribution in [3.63, 3.8) is 0 Å². The molecule has 116 valence electrons. The predicted molar refractivity (Wildman–Crippen MR) is 83.9 cm³/mol. The second-order valence-electron chi connectivity index (χ2n) is 6.90. The number of carbonyl (C=O) groups is 1. The molecule has 21 heavy (non-hydrogen) atoms. The molecular formula is C16H23ClN2O2. The third-order valence-electron chi connectivity index (χ3n) is 3.75. The molecule has 1 aliphatic heterocycles. The third-order valence-corrected chi connectivity index (χ3v) is 3.94. The molecule has 4 nitrogen and oxygen atoms in total. The van der Waals surface area contributed by atoms with Crippen molar-refractivity contribution in [2.24, 2.45) is 0 Å². The summed E-state index contributed by atoms with van der Waals surface area (Å²) < 4.78 is 5.68. The van der Waals surface area contributed by atoms with Gasteiger partial charge < -0.3 is 10.1 Å². The van der Waals surface area contributed by atoms with Crippen molar-refractivity contribution in [3.05, 3.63) is 28.5 Å². The van der Waals surface area contributed by atoms with E-state index >= 15 is 0 Å². The average molecular weight is 311 g/mol. The molecule has 1 N–H and O–H groups in total. The number of nitrogens with zero attached hydrogens (tertiary/aromatic N) is 1. The molecule has 0 radical (unpaired) electrons. The van der Waals surface area contributed by atoms with Crippen molar-refractivity contribution < 1.29 is 9.53 Å². The fourth-order valence-corrected chi connectivity index (χ4v) is 2.57. The number of carbonyl (C=O) groups excluding carboxylic acids is 1. The van der Waals surface area contributed by atoms with Crippen molar-refractivity contribution in [2.75, 3.05) is 13.2 Å². The molecule has 1 aromatic rings. The lowest BCUT2D eigenvalue weighted by Gasteiger charge is -2.23. The molecule has 0 aliphatic carbocycles. The van der Waals surface area contributed by atoms with E-state index < -0.39 is 0 Å². The van der Waals surface area contributed by atoms with Crippen molar-refractivity contribution in [1.82, 2.24) is 10.3 Å². The summed E-state index contributed by atoms with van der Waals surface area (Å²) in [4.78, 5) is 16.6. The van der Waals surface area contributed by atoms with Gasteiger partial charge in [0, 0.05) is 29.8 Å². The van der Waals surface area contributed by atoms with E-state index in [9.17, 15) is 4.79 Å². The van der Waals surface area contributed by atoms with Gasteiger partial charge in [0.1, 0.15) is 5.15 Å². The first-order chi connectivity index (χ1) is 9.70. The van der Waals surface area contributed by atoms with Crippen molar-refractivity contribution >= 4 is 17.5 Å². The number of hydrogen-bond acceptors (Lipinski definition) is 3. The van der Waals surface area contributed by atoms with Gasteiger partial charge in [0.05, 0.1) is 5.60 Å². The maximum Gasteiger partial charge on any atom is 0.251 e. The molecule has 1 atom stereocenters. The summed E-state index contributed by atoms with van der Waals surface area (Å²) in [5.41, 5.74) is 0.949. The van der Waals surface area contributed by atoms with Gasteiger partial charge >= 0.3 is 0 Å². The topological polar surface area (TPSA) is 51.2 Å². The number of nitrogens with one attached hydrogen (secondary N) is 1. The standard InChI is InChI=1S/C16H23ClN2O2/c1-15(2,3)12-8-11(9-13(17)19-12)14(20)18-10-16(4)6-5-7-21-16/h8-9H,5-7,10H2,1-4H3,(H,18,20). The monoisotopic (exact) mass is 310 g/mol. The molecule has 1 fully saturated rings. The van der Waals surface area contributed by atoms with Crippen LogP contribution < -0.4 is 5.32 Å². The summed E-state index contributed by atoms with van der Waals surface area (Å²) in [5.74, 6) is -0.137. The Balaban J connectivity index is 2.10. The maximum atomic E-state index is 12.3. The Hall–Kier alpha value is -1.13. The van der Waals surface area contributed by atoms with Crippen LogP contribution in [0.5, 0.6) is 0 Å². The Morgan fingerprint density at radius 2 is 2.19 bits per heavy atom. The second-order valence-corrected chi connectivity index (χ2v) is 7.29. The smallest absolute Gasteiger partial charge is 0.251 e. The van der Waals surface area contributed by atoms with Crippen LogP contribution in [0.4, 0.5) is 0 Å². The molecule has 2 rings (SSSR count). The molecule has 0 aromatic carbocycles. The van der Waals surface area contributed by atoms with E-state index in [-0.39, 0.29) is 16.9 Å². The Kier molecular flexibility index (Phi) is 4.59. The molecule has 0 spiro atoms.